The summed E-state index contributed by atoms with van der Waals surface area (Å²) in [5.74, 6) is 1.39. The minimum absolute atomic E-state index is 0.226. The molecule has 7 heteroatoms. The van der Waals surface area contributed by atoms with Crippen LogP contribution in [0.3, 0.4) is 0 Å². The van der Waals surface area contributed by atoms with Crippen molar-refractivity contribution in [1.82, 2.24) is 14.6 Å². The Morgan fingerprint density at radius 3 is 3.05 bits per heavy atom. The topological polar surface area (TPSA) is 72.4 Å². The average Bonchev–Trinajstić information content (AvgIpc) is 3.19. The average molecular weight is 312 g/mol. The first-order valence-corrected chi connectivity index (χ1v) is 7.80. The Hall–Kier alpha value is -2.59. The summed E-state index contributed by atoms with van der Waals surface area (Å²) in [5, 5.41) is 15.0. The van der Waals surface area contributed by atoms with Crippen LogP contribution in [0.1, 0.15) is 24.0 Å². The first-order valence-electron chi connectivity index (χ1n) is 6.98. The monoisotopic (exact) mass is 312 g/mol. The number of imidazole rings is 1. The fourth-order valence-electron chi connectivity index (χ4n) is 2.45. The Morgan fingerprint density at radius 1 is 1.36 bits per heavy atom. The van der Waals surface area contributed by atoms with E-state index in [-0.39, 0.29) is 6.79 Å². The summed E-state index contributed by atoms with van der Waals surface area (Å²) in [6, 6.07) is 7.78. The SMILES string of the molecule is CCCc1nn2c(C#N)c(-c3ccc4c(c3)OCO4)nc2s1. The molecule has 0 radical (unpaired) electrons. The molecule has 0 fully saturated rings. The lowest BCUT2D eigenvalue weighted by atomic mass is 10.1. The van der Waals surface area contributed by atoms with Crippen LogP contribution < -0.4 is 9.47 Å². The van der Waals surface area contributed by atoms with E-state index in [0.29, 0.717) is 22.9 Å². The van der Waals surface area contributed by atoms with E-state index < -0.39 is 0 Å². The van der Waals surface area contributed by atoms with E-state index in [2.05, 4.69) is 23.1 Å². The van der Waals surface area contributed by atoms with Gasteiger partial charge in [-0.3, -0.25) is 0 Å². The second kappa shape index (κ2) is 5.00. The first kappa shape index (κ1) is 13.1. The number of nitriles is 1. The number of benzene rings is 1. The minimum atomic E-state index is 0.226. The van der Waals surface area contributed by atoms with E-state index in [1.165, 1.54) is 11.3 Å². The van der Waals surface area contributed by atoms with Crippen molar-refractivity contribution in [2.24, 2.45) is 0 Å². The second-order valence-electron chi connectivity index (χ2n) is 4.93. The zero-order valence-corrected chi connectivity index (χ0v) is 12.7. The lowest BCUT2D eigenvalue weighted by Crippen LogP contribution is -1.93. The van der Waals surface area contributed by atoms with Gasteiger partial charge in [0.15, 0.2) is 17.2 Å². The third kappa shape index (κ3) is 1.92. The molecule has 110 valence electrons. The fraction of sp³-hybridized carbons (Fsp3) is 0.267. The van der Waals surface area contributed by atoms with Crippen molar-refractivity contribution in [3.8, 4) is 28.8 Å². The number of ether oxygens (including phenoxy) is 2. The minimum Gasteiger partial charge on any atom is -0.454 e. The van der Waals surface area contributed by atoms with Gasteiger partial charge in [0.25, 0.3) is 0 Å². The molecule has 0 saturated carbocycles. The third-order valence-corrected chi connectivity index (χ3v) is 4.43. The number of aromatic nitrogens is 3. The molecule has 1 aliphatic heterocycles. The summed E-state index contributed by atoms with van der Waals surface area (Å²) >= 11 is 1.53. The molecule has 0 amide bonds. The lowest BCUT2D eigenvalue weighted by Gasteiger charge is -2.00. The van der Waals surface area contributed by atoms with E-state index >= 15 is 0 Å². The molecule has 3 aromatic rings. The van der Waals surface area contributed by atoms with Gasteiger partial charge in [0.2, 0.25) is 11.8 Å². The zero-order chi connectivity index (χ0) is 15.1. The Bertz CT molecular complexity index is 906. The number of hydrogen-bond acceptors (Lipinski definition) is 6. The Balaban J connectivity index is 1.84. The summed E-state index contributed by atoms with van der Waals surface area (Å²) in [4.78, 5) is 5.33. The molecule has 2 aromatic heterocycles. The summed E-state index contributed by atoms with van der Waals surface area (Å²) in [7, 11) is 0. The number of fused-ring (bicyclic) bond motifs is 2. The van der Waals surface area contributed by atoms with Gasteiger partial charge in [-0.2, -0.15) is 14.9 Å². The summed E-state index contributed by atoms with van der Waals surface area (Å²) < 4.78 is 12.3. The number of rotatable bonds is 3. The van der Waals surface area contributed by atoms with Crippen molar-refractivity contribution < 1.29 is 9.47 Å². The maximum absolute atomic E-state index is 9.50. The Kier molecular flexibility index (Phi) is 2.98. The maximum Gasteiger partial charge on any atom is 0.231 e. The van der Waals surface area contributed by atoms with Crippen LogP contribution in [0.15, 0.2) is 18.2 Å². The molecular weight excluding hydrogens is 300 g/mol. The predicted molar refractivity (Wildman–Crippen MR) is 81.1 cm³/mol. The molecule has 1 aromatic carbocycles. The smallest absolute Gasteiger partial charge is 0.231 e. The van der Waals surface area contributed by atoms with Gasteiger partial charge in [0.1, 0.15) is 16.8 Å². The van der Waals surface area contributed by atoms with Crippen LogP contribution in [0.25, 0.3) is 16.2 Å². The van der Waals surface area contributed by atoms with E-state index in [4.69, 9.17) is 9.47 Å². The molecule has 3 heterocycles. The van der Waals surface area contributed by atoms with Gasteiger partial charge in [-0.1, -0.05) is 18.3 Å². The van der Waals surface area contributed by atoms with Crippen molar-refractivity contribution in [3.05, 3.63) is 28.9 Å². The number of nitrogens with zero attached hydrogens (tertiary/aromatic N) is 4. The molecule has 0 saturated heterocycles. The molecular formula is C15H12N4O2S. The molecule has 0 bridgehead atoms. The van der Waals surface area contributed by atoms with E-state index in [0.717, 1.165) is 28.4 Å². The Morgan fingerprint density at radius 2 is 2.23 bits per heavy atom. The van der Waals surface area contributed by atoms with Crippen LogP contribution in [-0.2, 0) is 6.42 Å². The van der Waals surface area contributed by atoms with Gasteiger partial charge >= 0.3 is 0 Å². The zero-order valence-electron chi connectivity index (χ0n) is 11.9. The van der Waals surface area contributed by atoms with Gasteiger partial charge in [-0.15, -0.1) is 0 Å². The van der Waals surface area contributed by atoms with E-state index in [9.17, 15) is 5.26 Å². The quantitative estimate of drug-likeness (QED) is 0.743. The molecule has 0 N–H and O–H groups in total. The molecule has 1 aliphatic rings. The van der Waals surface area contributed by atoms with Crippen molar-refractivity contribution >= 4 is 16.3 Å². The highest BCUT2D eigenvalue weighted by Gasteiger charge is 2.20. The lowest BCUT2D eigenvalue weighted by molar-refractivity contribution is 0.174. The summed E-state index contributed by atoms with van der Waals surface area (Å²) in [6.45, 7) is 2.33. The van der Waals surface area contributed by atoms with Crippen molar-refractivity contribution in [1.29, 1.82) is 5.26 Å². The van der Waals surface area contributed by atoms with Gasteiger partial charge in [-0.25, -0.2) is 4.98 Å². The number of hydrogen-bond donors (Lipinski definition) is 0. The van der Waals surface area contributed by atoms with E-state index in [1.807, 2.05) is 18.2 Å². The Labute approximate surface area is 130 Å². The van der Waals surface area contributed by atoms with Crippen LogP contribution in [0.4, 0.5) is 0 Å². The van der Waals surface area contributed by atoms with Crippen LogP contribution in [0.5, 0.6) is 11.5 Å². The third-order valence-electron chi connectivity index (χ3n) is 3.46. The van der Waals surface area contributed by atoms with Crippen LogP contribution in [0.2, 0.25) is 0 Å². The highest BCUT2D eigenvalue weighted by Crippen LogP contribution is 2.37. The van der Waals surface area contributed by atoms with Crippen LogP contribution >= 0.6 is 11.3 Å². The molecule has 0 atom stereocenters. The fourth-order valence-corrected chi connectivity index (χ4v) is 3.44. The molecule has 0 unspecified atom stereocenters. The van der Waals surface area contributed by atoms with Crippen LogP contribution in [-0.4, -0.2) is 21.4 Å². The summed E-state index contributed by atoms with van der Waals surface area (Å²) in [5.41, 5.74) is 1.91. The van der Waals surface area contributed by atoms with E-state index in [1.54, 1.807) is 4.52 Å². The molecule has 0 spiro atoms. The van der Waals surface area contributed by atoms with Gasteiger partial charge in [0.05, 0.1) is 0 Å². The number of aryl methyl sites for hydroxylation is 1. The highest BCUT2D eigenvalue weighted by atomic mass is 32.1. The van der Waals surface area contributed by atoms with Crippen molar-refractivity contribution in [2.45, 2.75) is 19.8 Å². The normalized spacial score (nSPS) is 12.7. The van der Waals surface area contributed by atoms with Gasteiger partial charge in [-0.05, 0) is 24.6 Å². The van der Waals surface area contributed by atoms with Crippen molar-refractivity contribution in [3.63, 3.8) is 0 Å². The largest absolute Gasteiger partial charge is 0.454 e. The molecule has 6 nitrogen and oxygen atoms in total. The maximum atomic E-state index is 9.50. The van der Waals surface area contributed by atoms with Gasteiger partial charge < -0.3 is 9.47 Å². The van der Waals surface area contributed by atoms with Crippen molar-refractivity contribution in [2.75, 3.05) is 6.79 Å². The first-order chi connectivity index (χ1) is 10.8. The molecule has 0 aliphatic carbocycles. The summed E-state index contributed by atoms with van der Waals surface area (Å²) in [6.07, 6.45) is 1.92. The molecule has 4 rings (SSSR count). The van der Waals surface area contributed by atoms with Gasteiger partial charge in [0, 0.05) is 12.0 Å². The predicted octanol–water partition coefficient (Wildman–Crippen LogP) is 3.01. The standard InChI is InChI=1S/C15H12N4O2S/c1-2-3-13-18-19-10(7-16)14(17-15(19)22-13)9-4-5-11-12(6-9)21-8-20-11/h4-6H,2-3,8H2,1H3. The molecule has 22 heavy (non-hydrogen) atoms. The highest BCUT2D eigenvalue weighted by molar-refractivity contribution is 7.16. The van der Waals surface area contributed by atoms with Crippen LogP contribution in [0, 0.1) is 11.3 Å². The second-order valence-corrected chi connectivity index (χ2v) is 5.97.